The molecule has 0 aromatic heterocycles. The highest BCUT2D eigenvalue weighted by atomic mass is 16.5. The molecule has 3 N–H and O–H groups in total. The van der Waals surface area contributed by atoms with Crippen molar-refractivity contribution in [3.63, 3.8) is 0 Å². The Bertz CT molecular complexity index is 929. The molecule has 3 rings (SSSR count). The molecule has 170 valence electrons. The van der Waals surface area contributed by atoms with Crippen molar-refractivity contribution in [1.29, 1.82) is 0 Å². The predicted molar refractivity (Wildman–Crippen MR) is 121 cm³/mol. The number of carbonyl (C=O) groups is 3. The van der Waals surface area contributed by atoms with Gasteiger partial charge < -0.3 is 20.5 Å². The van der Waals surface area contributed by atoms with Crippen molar-refractivity contribution in [2.24, 2.45) is 11.8 Å². The summed E-state index contributed by atoms with van der Waals surface area (Å²) in [6.45, 7) is 4.25. The second-order valence-corrected chi connectivity index (χ2v) is 8.26. The number of carboxylic acid groups (broad SMARTS) is 1. The number of fused-ring (bicyclic) bond motifs is 3. The molecule has 7 nitrogen and oxygen atoms in total. The van der Waals surface area contributed by atoms with Crippen LogP contribution >= 0.6 is 0 Å². The van der Waals surface area contributed by atoms with Crippen LogP contribution in [0.5, 0.6) is 0 Å². The summed E-state index contributed by atoms with van der Waals surface area (Å²) in [4.78, 5) is 35.3. The van der Waals surface area contributed by atoms with Crippen LogP contribution in [0, 0.1) is 11.8 Å². The molecular weight excluding hydrogens is 408 g/mol. The molecule has 2 atom stereocenters. The fraction of sp³-hybridized carbons (Fsp3) is 0.400. The molecule has 0 fully saturated rings. The Morgan fingerprint density at radius 2 is 1.56 bits per heavy atom. The summed E-state index contributed by atoms with van der Waals surface area (Å²) < 4.78 is 5.50. The van der Waals surface area contributed by atoms with Gasteiger partial charge in [-0.2, -0.15) is 0 Å². The molecule has 0 radical (unpaired) electrons. The molecular formula is C25H30N2O5. The zero-order valence-electron chi connectivity index (χ0n) is 18.5. The molecule has 7 heteroatoms. The van der Waals surface area contributed by atoms with Gasteiger partial charge in [-0.25, -0.2) is 4.79 Å². The van der Waals surface area contributed by atoms with Crippen LogP contribution in [0.3, 0.4) is 0 Å². The summed E-state index contributed by atoms with van der Waals surface area (Å²) in [6.07, 6.45) is 0.129. The zero-order valence-corrected chi connectivity index (χ0v) is 18.5. The number of rotatable bonds is 10. The number of carboxylic acids is 1. The number of carbonyl (C=O) groups excluding carboxylic acids is 2. The summed E-state index contributed by atoms with van der Waals surface area (Å²) >= 11 is 0. The lowest BCUT2D eigenvalue weighted by Crippen LogP contribution is -2.35. The van der Waals surface area contributed by atoms with E-state index in [1.807, 2.05) is 31.2 Å². The monoisotopic (exact) mass is 438 g/mol. The first-order chi connectivity index (χ1) is 15.4. The standard InChI is InChI=1S/C25H30N2O5/c1-3-17(24(29)30)14-26-23(28)12-16(2)13-27-25(31)32-15-22-20-10-6-4-8-18(20)19-9-5-7-11-21(19)22/h4-11,16-17,22H,3,12-15H2,1-2H3,(H,26,28)(H,27,31)(H,29,30). The molecule has 2 amide bonds. The minimum atomic E-state index is -0.919. The Labute approximate surface area is 188 Å². The number of ether oxygens (including phenoxy) is 1. The van der Waals surface area contributed by atoms with Crippen LogP contribution in [-0.4, -0.2) is 42.8 Å². The normalized spacial score (nSPS) is 14.1. The number of aliphatic carboxylic acids is 1. The van der Waals surface area contributed by atoms with Gasteiger partial charge in [-0.1, -0.05) is 62.4 Å². The van der Waals surface area contributed by atoms with Gasteiger partial charge in [0.2, 0.25) is 5.91 Å². The van der Waals surface area contributed by atoms with Gasteiger partial charge in [0.25, 0.3) is 0 Å². The fourth-order valence-corrected chi connectivity index (χ4v) is 4.01. The largest absolute Gasteiger partial charge is 0.481 e. The molecule has 32 heavy (non-hydrogen) atoms. The lowest BCUT2D eigenvalue weighted by atomic mass is 9.98. The number of amides is 2. The van der Waals surface area contributed by atoms with Crippen molar-refractivity contribution >= 4 is 18.0 Å². The molecule has 0 spiro atoms. The number of benzene rings is 2. The summed E-state index contributed by atoms with van der Waals surface area (Å²) in [7, 11) is 0. The number of hydrogen-bond donors (Lipinski definition) is 3. The lowest BCUT2D eigenvalue weighted by Gasteiger charge is -2.16. The van der Waals surface area contributed by atoms with E-state index < -0.39 is 18.0 Å². The second kappa shape index (κ2) is 10.8. The van der Waals surface area contributed by atoms with Crippen LogP contribution in [0.15, 0.2) is 48.5 Å². The molecule has 1 aliphatic carbocycles. The minimum absolute atomic E-state index is 0.00269. The van der Waals surface area contributed by atoms with Crippen LogP contribution in [0.2, 0.25) is 0 Å². The molecule has 2 unspecified atom stereocenters. The van der Waals surface area contributed by atoms with Crippen LogP contribution < -0.4 is 10.6 Å². The molecule has 0 saturated heterocycles. The third-order valence-electron chi connectivity index (χ3n) is 5.86. The average Bonchev–Trinajstić information content (AvgIpc) is 3.10. The lowest BCUT2D eigenvalue weighted by molar-refractivity contribution is -0.141. The van der Waals surface area contributed by atoms with Crippen molar-refractivity contribution in [2.75, 3.05) is 19.7 Å². The molecule has 0 aliphatic heterocycles. The molecule has 0 saturated carbocycles. The van der Waals surface area contributed by atoms with Crippen molar-refractivity contribution < 1.29 is 24.2 Å². The van der Waals surface area contributed by atoms with E-state index in [9.17, 15) is 14.4 Å². The maximum absolute atomic E-state index is 12.2. The Balaban J connectivity index is 1.44. The number of alkyl carbamates (subject to hydrolysis) is 1. The first-order valence-corrected chi connectivity index (χ1v) is 11.0. The van der Waals surface area contributed by atoms with E-state index >= 15 is 0 Å². The smallest absolute Gasteiger partial charge is 0.407 e. The summed E-state index contributed by atoms with van der Waals surface area (Å²) in [5.74, 6) is -1.85. The number of hydrogen-bond acceptors (Lipinski definition) is 4. The van der Waals surface area contributed by atoms with Crippen molar-refractivity contribution in [2.45, 2.75) is 32.6 Å². The molecule has 0 heterocycles. The van der Waals surface area contributed by atoms with Crippen molar-refractivity contribution in [3.05, 3.63) is 59.7 Å². The summed E-state index contributed by atoms with van der Waals surface area (Å²) in [5.41, 5.74) is 4.64. The van der Waals surface area contributed by atoms with E-state index in [-0.39, 0.29) is 37.3 Å². The van der Waals surface area contributed by atoms with Crippen molar-refractivity contribution in [3.8, 4) is 11.1 Å². The fourth-order valence-electron chi connectivity index (χ4n) is 4.01. The van der Waals surface area contributed by atoms with Crippen LogP contribution in [0.1, 0.15) is 43.7 Å². The zero-order chi connectivity index (χ0) is 23.1. The molecule has 2 aromatic carbocycles. The Hall–Kier alpha value is -3.35. The first-order valence-electron chi connectivity index (χ1n) is 11.0. The summed E-state index contributed by atoms with van der Waals surface area (Å²) in [5, 5.41) is 14.4. The SMILES string of the molecule is CCC(CNC(=O)CC(C)CNC(=O)OCC1c2ccccc2-c2ccccc21)C(=O)O. The predicted octanol–water partition coefficient (Wildman–Crippen LogP) is 3.78. The highest BCUT2D eigenvalue weighted by Crippen LogP contribution is 2.44. The highest BCUT2D eigenvalue weighted by Gasteiger charge is 2.29. The number of nitrogens with one attached hydrogen (secondary N) is 2. The average molecular weight is 439 g/mol. The Morgan fingerprint density at radius 1 is 0.969 bits per heavy atom. The minimum Gasteiger partial charge on any atom is -0.481 e. The molecule has 2 aromatic rings. The van der Waals surface area contributed by atoms with Crippen LogP contribution in [-0.2, 0) is 14.3 Å². The van der Waals surface area contributed by atoms with Gasteiger partial charge in [0.05, 0.1) is 5.92 Å². The van der Waals surface area contributed by atoms with Gasteiger partial charge in [-0.3, -0.25) is 9.59 Å². The Kier molecular flexibility index (Phi) is 7.87. The van der Waals surface area contributed by atoms with E-state index in [0.29, 0.717) is 13.0 Å². The highest BCUT2D eigenvalue weighted by molar-refractivity contribution is 5.79. The van der Waals surface area contributed by atoms with E-state index in [0.717, 1.165) is 11.1 Å². The van der Waals surface area contributed by atoms with Gasteiger partial charge in [0, 0.05) is 25.4 Å². The third kappa shape index (κ3) is 5.66. The maximum Gasteiger partial charge on any atom is 0.407 e. The van der Waals surface area contributed by atoms with E-state index in [4.69, 9.17) is 9.84 Å². The molecule has 1 aliphatic rings. The third-order valence-corrected chi connectivity index (χ3v) is 5.86. The van der Waals surface area contributed by atoms with Gasteiger partial charge in [-0.05, 0) is 34.6 Å². The van der Waals surface area contributed by atoms with Crippen molar-refractivity contribution in [1.82, 2.24) is 10.6 Å². The quantitative estimate of drug-likeness (QED) is 0.524. The van der Waals surface area contributed by atoms with E-state index in [2.05, 4.69) is 34.9 Å². The molecule has 0 bridgehead atoms. The first kappa shape index (κ1) is 23.3. The van der Waals surface area contributed by atoms with Gasteiger partial charge in [-0.15, -0.1) is 0 Å². The van der Waals surface area contributed by atoms with Crippen LogP contribution in [0.25, 0.3) is 11.1 Å². The topological polar surface area (TPSA) is 105 Å². The summed E-state index contributed by atoms with van der Waals surface area (Å²) in [6, 6.07) is 16.3. The van der Waals surface area contributed by atoms with Crippen LogP contribution in [0.4, 0.5) is 4.79 Å². The van der Waals surface area contributed by atoms with Gasteiger partial charge >= 0.3 is 12.1 Å². The Morgan fingerprint density at radius 3 is 2.12 bits per heavy atom. The van der Waals surface area contributed by atoms with Gasteiger partial charge in [0.15, 0.2) is 0 Å². The van der Waals surface area contributed by atoms with Gasteiger partial charge in [0.1, 0.15) is 6.61 Å². The maximum atomic E-state index is 12.2. The van der Waals surface area contributed by atoms with E-state index in [1.165, 1.54) is 11.1 Å². The second-order valence-electron chi connectivity index (χ2n) is 8.26. The van der Waals surface area contributed by atoms with E-state index in [1.54, 1.807) is 6.92 Å².